The third-order valence-corrected chi connectivity index (χ3v) is 5.80. The van der Waals surface area contributed by atoms with E-state index in [0.29, 0.717) is 29.4 Å². The van der Waals surface area contributed by atoms with E-state index in [2.05, 4.69) is 10.4 Å². The third kappa shape index (κ3) is 7.65. The van der Waals surface area contributed by atoms with Gasteiger partial charge in [0.1, 0.15) is 5.15 Å². The Bertz CT molecular complexity index is 1220. The standard InChI is InChI=1S/C27H28ClN3O4/c1-18-9-11-22(12-10-18)16-31-27(28)23(19(2)30-31)13-14-26(34)35-17-25(33)29-24(20(3)32)15-21-7-5-4-6-8-21/h4-14,24H,15-17H2,1-3H3,(H,29,33)/b14-13+. The Hall–Kier alpha value is -3.71. The lowest BCUT2D eigenvalue weighted by Crippen LogP contribution is -2.43. The first kappa shape index (κ1) is 25.9. The van der Waals surface area contributed by atoms with Gasteiger partial charge in [0.2, 0.25) is 0 Å². The fourth-order valence-electron chi connectivity index (χ4n) is 3.45. The Labute approximate surface area is 209 Å². The molecule has 1 amide bonds. The minimum Gasteiger partial charge on any atom is -0.452 e. The molecule has 35 heavy (non-hydrogen) atoms. The second-order valence-electron chi connectivity index (χ2n) is 8.29. The molecule has 0 aliphatic carbocycles. The lowest BCUT2D eigenvalue weighted by molar-refractivity contribution is -0.144. The van der Waals surface area contributed by atoms with Crippen LogP contribution in [0.25, 0.3) is 6.08 Å². The molecule has 3 rings (SSSR count). The highest BCUT2D eigenvalue weighted by atomic mass is 35.5. The van der Waals surface area contributed by atoms with Crippen molar-refractivity contribution in [3.8, 4) is 0 Å². The molecule has 0 saturated heterocycles. The fourth-order valence-corrected chi connectivity index (χ4v) is 3.74. The molecule has 3 aromatic rings. The maximum absolute atomic E-state index is 12.2. The van der Waals surface area contributed by atoms with E-state index in [-0.39, 0.29) is 5.78 Å². The Balaban J connectivity index is 1.54. The topological polar surface area (TPSA) is 90.3 Å². The molecule has 1 aromatic heterocycles. The minimum absolute atomic E-state index is 0.179. The maximum atomic E-state index is 12.2. The lowest BCUT2D eigenvalue weighted by Gasteiger charge is -2.16. The van der Waals surface area contributed by atoms with Gasteiger partial charge in [0, 0.05) is 11.6 Å². The SMILES string of the molecule is CC(=O)C(Cc1ccccc1)NC(=O)COC(=O)/C=C/c1c(C)nn(Cc2ccc(C)cc2)c1Cl. The fraction of sp³-hybridized carbons (Fsp3) is 0.259. The van der Waals surface area contributed by atoms with Gasteiger partial charge in [-0.15, -0.1) is 0 Å². The molecule has 0 spiro atoms. The number of ether oxygens (including phenoxy) is 1. The van der Waals surface area contributed by atoms with Gasteiger partial charge in [0.25, 0.3) is 5.91 Å². The number of Topliss-reactive ketones (excluding diaryl/α,β-unsaturated/α-hetero) is 1. The molecule has 1 heterocycles. The van der Waals surface area contributed by atoms with Crippen molar-refractivity contribution in [1.82, 2.24) is 15.1 Å². The lowest BCUT2D eigenvalue weighted by atomic mass is 10.0. The molecule has 7 nitrogen and oxygen atoms in total. The van der Waals surface area contributed by atoms with E-state index in [1.165, 1.54) is 24.6 Å². The van der Waals surface area contributed by atoms with Crippen LogP contribution in [0.3, 0.4) is 0 Å². The first-order valence-electron chi connectivity index (χ1n) is 11.2. The largest absolute Gasteiger partial charge is 0.452 e. The number of aryl methyl sites for hydroxylation is 2. The number of rotatable bonds is 10. The van der Waals surface area contributed by atoms with Gasteiger partial charge in [-0.2, -0.15) is 5.10 Å². The highest BCUT2D eigenvalue weighted by molar-refractivity contribution is 6.31. The van der Waals surface area contributed by atoms with Crippen molar-refractivity contribution in [3.63, 3.8) is 0 Å². The predicted octanol–water partition coefficient (Wildman–Crippen LogP) is 4.07. The highest BCUT2D eigenvalue weighted by Gasteiger charge is 2.18. The highest BCUT2D eigenvalue weighted by Crippen LogP contribution is 2.22. The predicted molar refractivity (Wildman–Crippen MR) is 135 cm³/mol. The maximum Gasteiger partial charge on any atom is 0.331 e. The van der Waals surface area contributed by atoms with Gasteiger partial charge in [-0.05, 0) is 44.4 Å². The number of amides is 1. The van der Waals surface area contributed by atoms with Crippen LogP contribution in [0.2, 0.25) is 5.15 Å². The average molecular weight is 494 g/mol. The van der Waals surface area contributed by atoms with Crippen molar-refractivity contribution >= 4 is 35.3 Å². The van der Waals surface area contributed by atoms with Crippen LogP contribution in [0.1, 0.15) is 34.9 Å². The number of carbonyl (C=O) groups excluding carboxylic acids is 3. The van der Waals surface area contributed by atoms with E-state index >= 15 is 0 Å². The molecule has 0 radical (unpaired) electrons. The summed E-state index contributed by atoms with van der Waals surface area (Å²) in [5.41, 5.74) is 4.40. The van der Waals surface area contributed by atoms with Crippen molar-refractivity contribution in [2.75, 3.05) is 6.61 Å². The minimum atomic E-state index is -0.704. The van der Waals surface area contributed by atoms with E-state index < -0.39 is 24.5 Å². The number of hydrogen-bond acceptors (Lipinski definition) is 5. The number of hydrogen-bond donors (Lipinski definition) is 1. The monoisotopic (exact) mass is 493 g/mol. The van der Waals surface area contributed by atoms with Crippen LogP contribution in [0.15, 0.2) is 60.7 Å². The van der Waals surface area contributed by atoms with E-state index in [0.717, 1.165) is 11.1 Å². The van der Waals surface area contributed by atoms with E-state index in [1.807, 2.05) is 61.5 Å². The molecular weight excluding hydrogens is 466 g/mol. The summed E-state index contributed by atoms with van der Waals surface area (Å²) in [6.45, 7) is 5.23. The quantitative estimate of drug-likeness (QED) is 0.339. The molecule has 8 heteroatoms. The van der Waals surface area contributed by atoms with Crippen molar-refractivity contribution in [1.29, 1.82) is 0 Å². The van der Waals surface area contributed by atoms with Gasteiger partial charge in [0.05, 0.1) is 18.3 Å². The van der Waals surface area contributed by atoms with E-state index in [4.69, 9.17) is 16.3 Å². The molecule has 182 valence electrons. The Morgan fingerprint density at radius 2 is 1.74 bits per heavy atom. The average Bonchev–Trinajstić information content (AvgIpc) is 3.10. The first-order chi connectivity index (χ1) is 16.7. The molecule has 0 aliphatic heterocycles. The number of nitrogens with zero attached hydrogens (tertiary/aromatic N) is 2. The zero-order valence-corrected chi connectivity index (χ0v) is 20.7. The third-order valence-electron chi connectivity index (χ3n) is 5.40. The normalized spacial score (nSPS) is 11.9. The Morgan fingerprint density at radius 3 is 2.40 bits per heavy atom. The summed E-state index contributed by atoms with van der Waals surface area (Å²) in [6.07, 6.45) is 3.08. The van der Waals surface area contributed by atoms with Crippen LogP contribution in [-0.4, -0.2) is 40.1 Å². The van der Waals surface area contributed by atoms with Crippen LogP contribution in [0.4, 0.5) is 0 Å². The summed E-state index contributed by atoms with van der Waals surface area (Å²) in [7, 11) is 0. The molecule has 0 fully saturated rings. The first-order valence-corrected chi connectivity index (χ1v) is 11.6. The second kappa shape index (κ2) is 12.1. The zero-order chi connectivity index (χ0) is 25.4. The van der Waals surface area contributed by atoms with Gasteiger partial charge in [0.15, 0.2) is 12.4 Å². The zero-order valence-electron chi connectivity index (χ0n) is 20.0. The number of ketones is 1. The summed E-state index contributed by atoms with van der Waals surface area (Å²) in [4.78, 5) is 36.3. The van der Waals surface area contributed by atoms with Gasteiger partial charge in [-0.1, -0.05) is 71.8 Å². The number of aromatic nitrogens is 2. The van der Waals surface area contributed by atoms with Crippen LogP contribution in [-0.2, 0) is 32.1 Å². The molecule has 1 unspecified atom stereocenters. The molecule has 0 aliphatic rings. The van der Waals surface area contributed by atoms with Crippen LogP contribution in [0, 0.1) is 13.8 Å². The summed E-state index contributed by atoms with van der Waals surface area (Å²) in [5.74, 6) is -1.44. The molecule has 1 N–H and O–H groups in total. The van der Waals surface area contributed by atoms with Crippen LogP contribution < -0.4 is 5.32 Å². The van der Waals surface area contributed by atoms with Crippen LogP contribution >= 0.6 is 11.6 Å². The number of nitrogens with one attached hydrogen (secondary N) is 1. The van der Waals surface area contributed by atoms with Crippen LogP contribution in [0.5, 0.6) is 0 Å². The molecular formula is C27H28ClN3O4. The van der Waals surface area contributed by atoms with Crippen molar-refractivity contribution in [2.45, 2.75) is 39.8 Å². The van der Waals surface area contributed by atoms with Gasteiger partial charge >= 0.3 is 5.97 Å². The van der Waals surface area contributed by atoms with Gasteiger partial charge in [-0.25, -0.2) is 9.48 Å². The molecule has 1 atom stereocenters. The summed E-state index contributed by atoms with van der Waals surface area (Å²) < 4.78 is 6.69. The number of carbonyl (C=O) groups is 3. The summed E-state index contributed by atoms with van der Waals surface area (Å²) >= 11 is 6.48. The number of halogens is 1. The van der Waals surface area contributed by atoms with Crippen molar-refractivity contribution < 1.29 is 19.1 Å². The van der Waals surface area contributed by atoms with Gasteiger partial charge in [-0.3, -0.25) is 9.59 Å². The van der Waals surface area contributed by atoms with E-state index in [1.54, 1.807) is 11.6 Å². The smallest absolute Gasteiger partial charge is 0.331 e. The summed E-state index contributed by atoms with van der Waals surface area (Å²) in [5, 5.41) is 7.47. The Morgan fingerprint density at radius 1 is 1.06 bits per heavy atom. The summed E-state index contributed by atoms with van der Waals surface area (Å²) in [6, 6.07) is 16.7. The molecule has 0 bridgehead atoms. The van der Waals surface area contributed by atoms with Gasteiger partial charge < -0.3 is 10.1 Å². The van der Waals surface area contributed by atoms with E-state index in [9.17, 15) is 14.4 Å². The van der Waals surface area contributed by atoms with Crippen molar-refractivity contribution in [3.05, 3.63) is 93.8 Å². The number of benzene rings is 2. The second-order valence-corrected chi connectivity index (χ2v) is 8.65. The molecule has 2 aromatic carbocycles. The number of esters is 1. The van der Waals surface area contributed by atoms with Crippen molar-refractivity contribution in [2.24, 2.45) is 0 Å². The molecule has 0 saturated carbocycles. The Kier molecular flexibility index (Phi) is 8.98.